The number of benzene rings is 11. The van der Waals surface area contributed by atoms with Gasteiger partial charge in [-0.25, -0.2) is 4.98 Å². The molecule has 0 amide bonds. The van der Waals surface area contributed by atoms with Gasteiger partial charge in [-0.2, -0.15) is 9.97 Å². The first-order valence-electron chi connectivity index (χ1n) is 25.8. The molecule has 0 bridgehead atoms. The number of aromatic nitrogens is 5. The maximum Gasteiger partial charge on any atom is 0.238 e. The second kappa shape index (κ2) is 16.2. The molecule has 6 heterocycles. The molecule has 7 nitrogen and oxygen atoms in total. The van der Waals surface area contributed by atoms with E-state index in [4.69, 9.17) is 23.8 Å². The van der Waals surface area contributed by atoms with E-state index < -0.39 is 0 Å². The van der Waals surface area contributed by atoms with Crippen LogP contribution >= 0.6 is 11.3 Å². The highest BCUT2D eigenvalue weighted by atomic mass is 32.1. The Balaban J connectivity index is 0.881. The fourth-order valence-corrected chi connectivity index (χ4v) is 13.4. The van der Waals surface area contributed by atoms with Crippen LogP contribution in [0.25, 0.3) is 164 Å². The van der Waals surface area contributed by atoms with Gasteiger partial charge >= 0.3 is 0 Å². The predicted octanol–water partition coefficient (Wildman–Crippen LogP) is 18.9. The van der Waals surface area contributed by atoms with Gasteiger partial charge in [0.05, 0.1) is 22.1 Å². The van der Waals surface area contributed by atoms with E-state index in [1.54, 1.807) is 0 Å². The van der Waals surface area contributed by atoms with Crippen LogP contribution in [0.2, 0.25) is 0 Å². The number of hydrogen-bond acceptors (Lipinski definition) is 6. The first-order valence-corrected chi connectivity index (χ1v) is 26.6. The molecule has 8 heteroatoms. The summed E-state index contributed by atoms with van der Waals surface area (Å²) in [4.78, 5) is 16.3. The van der Waals surface area contributed by atoms with Gasteiger partial charge in [0.2, 0.25) is 5.95 Å². The number of rotatable bonds is 6. The molecule has 17 rings (SSSR count). The van der Waals surface area contributed by atoms with Crippen molar-refractivity contribution in [3.63, 3.8) is 0 Å². The van der Waals surface area contributed by atoms with E-state index in [0.717, 1.165) is 121 Å². The molecule has 0 aliphatic heterocycles. The summed E-state index contributed by atoms with van der Waals surface area (Å²) in [5.41, 5.74) is 14.6. The van der Waals surface area contributed by atoms with Gasteiger partial charge in [-0.15, -0.1) is 11.3 Å². The Morgan fingerprint density at radius 1 is 0.325 bits per heavy atom. The second-order valence-corrected chi connectivity index (χ2v) is 20.9. The van der Waals surface area contributed by atoms with E-state index >= 15 is 0 Å². The molecular weight excluding hydrogens is 963 g/mol. The lowest BCUT2D eigenvalue weighted by Gasteiger charge is -2.13. The average Bonchev–Trinajstić information content (AvgIpc) is 4.49. The molecule has 11 aromatic carbocycles. The van der Waals surface area contributed by atoms with Crippen molar-refractivity contribution < 1.29 is 8.83 Å². The smallest absolute Gasteiger partial charge is 0.238 e. The van der Waals surface area contributed by atoms with Crippen LogP contribution in [0.1, 0.15) is 0 Å². The maximum absolute atomic E-state index is 6.86. The number of nitrogens with zero attached hydrogens (tertiary/aromatic N) is 5. The fourth-order valence-electron chi connectivity index (χ4n) is 12.2. The standard InChI is InChI=1S/C69H39N5O2S/c1-3-16-40(17-4-1)67-70-68(72-69(71-67)74-56-28-11-8-21-47(56)51-36-35-50-46-20-7-10-27-55(46)73(64(50)65(51)74)43-18-5-2-6-19-43)53-26-15-29-58-63(53)54-38-41(33-37-57(54)75-58)44-23-14-30-59-62(44)52-25-13-24-45(66(52)76-59)42-32-34-49-48-22-9-12-31-60(48)77-61(49)39-42/h1-39H. The first kappa shape index (κ1) is 42.2. The fraction of sp³-hybridized carbons (Fsp3) is 0. The van der Waals surface area contributed by atoms with E-state index in [9.17, 15) is 0 Å². The zero-order valence-electron chi connectivity index (χ0n) is 41.0. The van der Waals surface area contributed by atoms with Crippen molar-refractivity contribution in [1.29, 1.82) is 0 Å². The normalized spacial score (nSPS) is 12.2. The van der Waals surface area contributed by atoms with Crippen LogP contribution in [-0.2, 0) is 0 Å². The quantitative estimate of drug-likeness (QED) is 0.166. The summed E-state index contributed by atoms with van der Waals surface area (Å²) < 4.78 is 20.8. The molecule has 0 atom stereocenters. The van der Waals surface area contributed by atoms with Crippen molar-refractivity contribution >= 4 is 119 Å². The lowest BCUT2D eigenvalue weighted by molar-refractivity contribution is 0.669. The highest BCUT2D eigenvalue weighted by Crippen LogP contribution is 2.46. The Kier molecular flexibility index (Phi) is 8.87. The van der Waals surface area contributed by atoms with Crippen molar-refractivity contribution in [3.05, 3.63) is 237 Å². The SMILES string of the molecule is c1ccc(-c2nc(-c3cccc4oc5ccc(-c6cccc7oc8c(-c9ccc%10c(c9)sc9ccccc9%10)cccc8c67)cc5c34)nc(-n3c4ccccc4c4ccc5c6ccccc6n(-c6ccccc6)c5c43)n2)cc1. The molecule has 77 heavy (non-hydrogen) atoms. The van der Waals surface area contributed by atoms with Gasteiger partial charge in [-0.1, -0.05) is 176 Å². The number of hydrogen-bond donors (Lipinski definition) is 0. The Morgan fingerprint density at radius 3 is 1.70 bits per heavy atom. The molecule has 0 aliphatic rings. The zero-order chi connectivity index (χ0) is 50.3. The molecule has 0 spiro atoms. The van der Waals surface area contributed by atoms with E-state index in [1.807, 2.05) is 41.7 Å². The molecule has 6 aromatic heterocycles. The molecule has 0 fully saturated rings. The van der Waals surface area contributed by atoms with Gasteiger partial charge in [0.15, 0.2) is 11.6 Å². The average molecular weight is 1000 g/mol. The van der Waals surface area contributed by atoms with Crippen LogP contribution in [0.15, 0.2) is 245 Å². The summed E-state index contributed by atoms with van der Waals surface area (Å²) in [6.07, 6.45) is 0. The van der Waals surface area contributed by atoms with Crippen LogP contribution in [0.5, 0.6) is 0 Å². The van der Waals surface area contributed by atoms with Crippen molar-refractivity contribution in [2.24, 2.45) is 0 Å². The van der Waals surface area contributed by atoms with Crippen molar-refractivity contribution in [2.75, 3.05) is 0 Å². The predicted molar refractivity (Wildman–Crippen MR) is 318 cm³/mol. The van der Waals surface area contributed by atoms with Crippen molar-refractivity contribution in [1.82, 2.24) is 24.1 Å². The number of thiophene rings is 1. The number of furan rings is 2. The second-order valence-electron chi connectivity index (χ2n) is 19.8. The molecule has 17 aromatic rings. The minimum absolute atomic E-state index is 0.518. The van der Waals surface area contributed by atoms with E-state index in [-0.39, 0.29) is 0 Å². The van der Waals surface area contributed by atoms with Crippen LogP contribution in [-0.4, -0.2) is 24.1 Å². The summed E-state index contributed by atoms with van der Waals surface area (Å²) in [6.45, 7) is 0. The minimum Gasteiger partial charge on any atom is -0.456 e. The van der Waals surface area contributed by atoms with E-state index in [1.165, 1.54) is 25.6 Å². The van der Waals surface area contributed by atoms with Gasteiger partial charge in [0.1, 0.15) is 22.3 Å². The third kappa shape index (κ3) is 6.21. The Bertz CT molecular complexity index is 5290. The van der Waals surface area contributed by atoms with Crippen molar-refractivity contribution in [2.45, 2.75) is 0 Å². The summed E-state index contributed by atoms with van der Waals surface area (Å²) in [5, 5.41) is 11.1. The van der Waals surface area contributed by atoms with Crippen LogP contribution in [0.4, 0.5) is 0 Å². The van der Waals surface area contributed by atoms with Gasteiger partial charge in [-0.3, -0.25) is 4.57 Å². The Morgan fingerprint density at radius 2 is 0.896 bits per heavy atom. The summed E-state index contributed by atoms with van der Waals surface area (Å²) in [5.74, 6) is 1.63. The molecule has 0 unspecified atom stereocenters. The van der Waals surface area contributed by atoms with Gasteiger partial charge < -0.3 is 13.4 Å². The molecule has 0 saturated carbocycles. The molecule has 358 valence electrons. The van der Waals surface area contributed by atoms with Gasteiger partial charge in [-0.05, 0) is 77.4 Å². The van der Waals surface area contributed by atoms with Crippen LogP contribution < -0.4 is 0 Å². The monoisotopic (exact) mass is 1000 g/mol. The Hall–Kier alpha value is -10.2. The summed E-state index contributed by atoms with van der Waals surface area (Å²) in [7, 11) is 0. The largest absolute Gasteiger partial charge is 0.456 e. The third-order valence-corrected chi connectivity index (χ3v) is 16.7. The topological polar surface area (TPSA) is 74.8 Å². The number of para-hydroxylation sites is 4. The molecular formula is C69H39N5O2S. The van der Waals surface area contributed by atoms with Gasteiger partial charge in [0.25, 0.3) is 0 Å². The van der Waals surface area contributed by atoms with Crippen LogP contribution in [0, 0.1) is 0 Å². The highest BCUT2D eigenvalue weighted by molar-refractivity contribution is 7.25. The lowest BCUT2D eigenvalue weighted by atomic mass is 9.95. The van der Waals surface area contributed by atoms with Crippen LogP contribution in [0.3, 0.4) is 0 Å². The third-order valence-electron chi connectivity index (χ3n) is 15.6. The molecule has 0 saturated heterocycles. The molecule has 0 aliphatic carbocycles. The molecule has 0 radical (unpaired) electrons. The number of fused-ring (bicyclic) bond motifs is 16. The summed E-state index contributed by atoms with van der Waals surface area (Å²) in [6, 6.07) is 83.5. The Labute approximate surface area is 442 Å². The van der Waals surface area contributed by atoms with E-state index in [2.05, 4.69) is 215 Å². The first-order chi connectivity index (χ1) is 38.2. The van der Waals surface area contributed by atoms with Gasteiger partial charge in [0, 0.05) is 85.6 Å². The molecule has 0 N–H and O–H groups in total. The maximum atomic E-state index is 6.86. The lowest BCUT2D eigenvalue weighted by Crippen LogP contribution is -2.07. The minimum atomic E-state index is 0.518. The van der Waals surface area contributed by atoms with E-state index in [0.29, 0.717) is 17.6 Å². The summed E-state index contributed by atoms with van der Waals surface area (Å²) >= 11 is 1.83. The van der Waals surface area contributed by atoms with Crippen molar-refractivity contribution in [3.8, 4) is 56.7 Å². The highest BCUT2D eigenvalue weighted by Gasteiger charge is 2.25. The zero-order valence-corrected chi connectivity index (χ0v) is 41.8.